The highest BCUT2D eigenvalue weighted by Gasteiger charge is 2.33. The monoisotopic (exact) mass is 375 g/mol. The number of benzene rings is 2. The number of aliphatic carboxylic acids is 1. The summed E-state index contributed by atoms with van der Waals surface area (Å²) in [5.41, 5.74) is -0.639. The average Bonchev–Trinajstić information content (AvgIpc) is 2.62. The lowest BCUT2D eigenvalue weighted by atomic mass is 9.88. The fourth-order valence-electron chi connectivity index (χ4n) is 2.64. The molecule has 0 aliphatic rings. The first-order chi connectivity index (χ1) is 12.7. The fraction of sp³-hybridized carbons (Fsp3) is 0.300. The highest BCUT2D eigenvalue weighted by atomic mass is 19.1. The van der Waals surface area contributed by atoms with Gasteiger partial charge in [-0.2, -0.15) is 0 Å². The summed E-state index contributed by atoms with van der Waals surface area (Å²) in [5.74, 6) is -1.75. The van der Waals surface area contributed by atoms with Gasteiger partial charge < -0.3 is 19.9 Å². The highest BCUT2D eigenvalue weighted by Crippen LogP contribution is 2.28. The molecule has 2 unspecified atom stereocenters. The maximum Gasteiger partial charge on any atom is 0.306 e. The molecule has 0 aliphatic carbocycles. The van der Waals surface area contributed by atoms with Gasteiger partial charge in [0.1, 0.15) is 5.75 Å². The van der Waals surface area contributed by atoms with Gasteiger partial charge in [0, 0.05) is 0 Å². The van der Waals surface area contributed by atoms with E-state index in [1.807, 2.05) is 0 Å². The molecule has 0 saturated carbocycles. The lowest BCUT2D eigenvalue weighted by Gasteiger charge is -2.31. The summed E-state index contributed by atoms with van der Waals surface area (Å²) in [7, 11) is 1.50. The summed E-state index contributed by atoms with van der Waals surface area (Å²) in [5, 5.41) is 12.0. The Hall–Kier alpha value is -3.09. The third-order valence-corrected chi connectivity index (χ3v) is 4.12. The van der Waals surface area contributed by atoms with Crippen molar-refractivity contribution in [1.29, 1.82) is 0 Å². The fourth-order valence-corrected chi connectivity index (χ4v) is 2.64. The van der Waals surface area contributed by atoms with E-state index in [-0.39, 0.29) is 12.2 Å². The quantitative estimate of drug-likeness (QED) is 0.741. The van der Waals surface area contributed by atoms with Gasteiger partial charge in [-0.1, -0.05) is 24.3 Å². The molecule has 0 saturated heterocycles. The second-order valence-electron chi connectivity index (χ2n) is 6.31. The predicted octanol–water partition coefficient (Wildman–Crippen LogP) is 3.11. The molecule has 0 fully saturated rings. The van der Waals surface area contributed by atoms with Crippen molar-refractivity contribution in [3.05, 3.63) is 59.9 Å². The third-order valence-electron chi connectivity index (χ3n) is 4.12. The molecule has 2 rings (SSSR count). The molecule has 0 bridgehead atoms. The van der Waals surface area contributed by atoms with Crippen LogP contribution in [0.2, 0.25) is 0 Å². The predicted molar refractivity (Wildman–Crippen MR) is 97.2 cm³/mol. The summed E-state index contributed by atoms with van der Waals surface area (Å²) < 4.78 is 24.3. The zero-order valence-electron chi connectivity index (χ0n) is 15.4. The molecular weight excluding hydrogens is 353 g/mol. The van der Waals surface area contributed by atoms with Gasteiger partial charge in [-0.3, -0.25) is 9.59 Å². The van der Waals surface area contributed by atoms with Crippen molar-refractivity contribution in [2.45, 2.75) is 31.9 Å². The highest BCUT2D eigenvalue weighted by molar-refractivity contribution is 5.82. The van der Waals surface area contributed by atoms with E-state index < -0.39 is 29.3 Å². The molecule has 2 N–H and O–H groups in total. The Kier molecular flexibility index (Phi) is 6.39. The van der Waals surface area contributed by atoms with E-state index in [1.54, 1.807) is 37.3 Å². The maximum atomic E-state index is 13.7. The van der Waals surface area contributed by atoms with E-state index in [0.717, 1.165) is 0 Å². The Morgan fingerprint density at radius 2 is 1.93 bits per heavy atom. The number of rotatable bonds is 8. The third kappa shape index (κ3) is 5.20. The van der Waals surface area contributed by atoms with Gasteiger partial charge in [0.25, 0.3) is 5.91 Å². The smallest absolute Gasteiger partial charge is 0.306 e. The maximum absolute atomic E-state index is 13.7. The lowest BCUT2D eigenvalue weighted by Crippen LogP contribution is -2.49. The van der Waals surface area contributed by atoms with Crippen LogP contribution in [0, 0.1) is 5.82 Å². The van der Waals surface area contributed by atoms with Gasteiger partial charge in [0.2, 0.25) is 0 Å². The standard InChI is InChI=1S/C20H22FNO5/c1-13(27-17-10-5-4-9-16(17)21)19(25)22-20(2,12-18(23)24)14-7-6-8-15(11-14)26-3/h4-11,13H,12H2,1-3H3,(H,22,25)(H,23,24). The van der Waals surface area contributed by atoms with E-state index in [0.29, 0.717) is 11.3 Å². The van der Waals surface area contributed by atoms with Crippen molar-refractivity contribution in [3.8, 4) is 11.5 Å². The van der Waals surface area contributed by atoms with Gasteiger partial charge in [-0.25, -0.2) is 4.39 Å². The second kappa shape index (κ2) is 8.53. The van der Waals surface area contributed by atoms with Crippen LogP contribution in [0.5, 0.6) is 11.5 Å². The number of hydrogen-bond donors (Lipinski definition) is 2. The summed E-state index contributed by atoms with van der Waals surface area (Å²) in [6.07, 6.45) is -1.38. The molecule has 2 atom stereocenters. The molecular formula is C20H22FNO5. The number of amides is 1. The molecule has 0 heterocycles. The van der Waals surface area contributed by atoms with Crippen LogP contribution < -0.4 is 14.8 Å². The number of nitrogens with one attached hydrogen (secondary N) is 1. The number of hydrogen-bond acceptors (Lipinski definition) is 4. The van der Waals surface area contributed by atoms with Crippen LogP contribution in [0.3, 0.4) is 0 Å². The van der Waals surface area contributed by atoms with Crippen molar-refractivity contribution in [3.63, 3.8) is 0 Å². The molecule has 0 aliphatic heterocycles. The zero-order valence-corrected chi connectivity index (χ0v) is 15.4. The summed E-state index contributed by atoms with van der Waals surface area (Å²) in [4.78, 5) is 24.0. The number of carbonyl (C=O) groups excluding carboxylic acids is 1. The minimum atomic E-state index is -1.20. The molecule has 6 nitrogen and oxygen atoms in total. The van der Waals surface area contributed by atoms with Crippen molar-refractivity contribution in [2.24, 2.45) is 0 Å². The van der Waals surface area contributed by atoms with Crippen LogP contribution in [-0.4, -0.2) is 30.2 Å². The Morgan fingerprint density at radius 1 is 1.22 bits per heavy atom. The summed E-state index contributed by atoms with van der Waals surface area (Å²) >= 11 is 0. The van der Waals surface area contributed by atoms with E-state index in [4.69, 9.17) is 9.47 Å². The van der Waals surface area contributed by atoms with Crippen LogP contribution in [0.4, 0.5) is 4.39 Å². The Balaban J connectivity index is 2.22. The van der Waals surface area contributed by atoms with Gasteiger partial charge in [0.15, 0.2) is 17.7 Å². The Labute approximate surface area is 156 Å². The number of para-hydroxylation sites is 1. The number of carbonyl (C=O) groups is 2. The number of halogens is 1. The summed E-state index contributed by atoms with van der Waals surface area (Å²) in [6.45, 7) is 3.07. The Bertz CT molecular complexity index is 826. The van der Waals surface area contributed by atoms with Crippen molar-refractivity contribution in [1.82, 2.24) is 5.32 Å². The largest absolute Gasteiger partial charge is 0.497 e. The minimum absolute atomic E-state index is 0.0542. The van der Waals surface area contributed by atoms with Crippen molar-refractivity contribution in [2.75, 3.05) is 7.11 Å². The molecule has 0 aromatic heterocycles. The van der Waals surface area contributed by atoms with Gasteiger partial charge in [-0.15, -0.1) is 0 Å². The van der Waals surface area contributed by atoms with Crippen molar-refractivity contribution < 1.29 is 28.6 Å². The molecule has 0 spiro atoms. The van der Waals surface area contributed by atoms with Gasteiger partial charge in [-0.05, 0) is 43.7 Å². The first-order valence-electron chi connectivity index (χ1n) is 8.34. The van der Waals surface area contributed by atoms with Gasteiger partial charge >= 0.3 is 5.97 Å². The minimum Gasteiger partial charge on any atom is -0.497 e. The number of carboxylic acids is 1. The number of methoxy groups -OCH3 is 1. The molecule has 7 heteroatoms. The number of ether oxygens (including phenoxy) is 2. The SMILES string of the molecule is COc1cccc(C(C)(CC(=O)O)NC(=O)C(C)Oc2ccccc2F)c1. The van der Waals surface area contributed by atoms with Crippen LogP contribution in [0.1, 0.15) is 25.8 Å². The van der Waals surface area contributed by atoms with E-state index in [1.165, 1.54) is 32.2 Å². The van der Waals surface area contributed by atoms with Crippen LogP contribution in [0.25, 0.3) is 0 Å². The first-order valence-corrected chi connectivity index (χ1v) is 8.34. The van der Waals surface area contributed by atoms with E-state index in [2.05, 4.69) is 5.32 Å². The number of carboxylic acid groups (broad SMARTS) is 1. The second-order valence-corrected chi connectivity index (χ2v) is 6.31. The van der Waals surface area contributed by atoms with Crippen LogP contribution in [0.15, 0.2) is 48.5 Å². The lowest BCUT2D eigenvalue weighted by molar-refractivity contribution is -0.139. The zero-order chi connectivity index (χ0) is 20.0. The van der Waals surface area contributed by atoms with E-state index >= 15 is 0 Å². The molecule has 144 valence electrons. The summed E-state index contributed by atoms with van der Waals surface area (Å²) in [6, 6.07) is 12.5. The van der Waals surface area contributed by atoms with Crippen LogP contribution >= 0.6 is 0 Å². The Morgan fingerprint density at radius 3 is 2.56 bits per heavy atom. The molecule has 2 aromatic rings. The molecule has 1 amide bonds. The van der Waals surface area contributed by atoms with Gasteiger partial charge in [0.05, 0.1) is 19.1 Å². The molecule has 0 radical (unpaired) electrons. The average molecular weight is 375 g/mol. The first kappa shape index (κ1) is 20.2. The molecule has 2 aromatic carbocycles. The molecule has 27 heavy (non-hydrogen) atoms. The van der Waals surface area contributed by atoms with E-state index in [9.17, 15) is 19.1 Å². The van der Waals surface area contributed by atoms with Crippen LogP contribution in [-0.2, 0) is 15.1 Å². The van der Waals surface area contributed by atoms with Crippen molar-refractivity contribution >= 4 is 11.9 Å². The topological polar surface area (TPSA) is 84.9 Å². The normalized spacial score (nSPS) is 13.9.